The molecule has 7 heteroatoms. The summed E-state index contributed by atoms with van der Waals surface area (Å²) >= 11 is 1.34. The van der Waals surface area contributed by atoms with E-state index in [1.165, 1.54) is 18.4 Å². The highest BCUT2D eigenvalue weighted by Crippen LogP contribution is 2.27. The number of thiazole rings is 1. The first-order valence-corrected chi connectivity index (χ1v) is 9.72. The van der Waals surface area contributed by atoms with Crippen molar-refractivity contribution >= 4 is 33.4 Å². The summed E-state index contributed by atoms with van der Waals surface area (Å²) in [6, 6.07) is 12.2. The second-order valence-electron chi connectivity index (χ2n) is 6.32. The van der Waals surface area contributed by atoms with Crippen LogP contribution in [-0.4, -0.2) is 30.7 Å². The van der Waals surface area contributed by atoms with Crippen LogP contribution in [-0.2, 0) is 9.53 Å². The highest BCUT2D eigenvalue weighted by molar-refractivity contribution is 7.16. The third-order valence-electron chi connectivity index (χ3n) is 4.50. The van der Waals surface area contributed by atoms with E-state index in [-0.39, 0.29) is 11.9 Å². The number of hydrogen-bond acceptors (Lipinski definition) is 5. The number of esters is 1. The molecule has 1 heterocycles. The fourth-order valence-corrected chi connectivity index (χ4v) is 4.06. The lowest BCUT2D eigenvalue weighted by Gasteiger charge is -2.15. The number of ether oxygens (including phenoxy) is 2. The summed E-state index contributed by atoms with van der Waals surface area (Å²) in [4.78, 5) is 29.9. The Morgan fingerprint density at radius 2 is 1.86 bits per heavy atom. The average Bonchev–Trinajstić information content (AvgIpc) is 3.05. The van der Waals surface area contributed by atoms with Crippen molar-refractivity contribution in [3.8, 4) is 5.75 Å². The van der Waals surface area contributed by atoms with Gasteiger partial charge in [-0.25, -0.2) is 4.79 Å². The molecule has 3 aromatic rings. The molecule has 3 rings (SSSR count). The van der Waals surface area contributed by atoms with Crippen molar-refractivity contribution in [3.05, 3.63) is 58.4 Å². The molecule has 2 aromatic carbocycles. The van der Waals surface area contributed by atoms with Crippen LogP contribution < -0.4 is 9.54 Å². The maximum Gasteiger partial charge on any atom is 0.328 e. The molecule has 0 saturated carbocycles. The number of amides is 1. The van der Waals surface area contributed by atoms with Crippen LogP contribution >= 0.6 is 11.3 Å². The molecular weight excluding hydrogens is 376 g/mol. The van der Waals surface area contributed by atoms with E-state index in [9.17, 15) is 9.59 Å². The average molecular weight is 398 g/mol. The van der Waals surface area contributed by atoms with Crippen LogP contribution in [0.1, 0.15) is 35.3 Å². The zero-order chi connectivity index (χ0) is 20.3. The van der Waals surface area contributed by atoms with Crippen LogP contribution in [0.4, 0.5) is 0 Å². The summed E-state index contributed by atoms with van der Waals surface area (Å²) in [6.45, 7) is 3.86. The van der Waals surface area contributed by atoms with Crippen molar-refractivity contribution < 1.29 is 19.1 Å². The molecule has 146 valence electrons. The predicted molar refractivity (Wildman–Crippen MR) is 109 cm³/mol. The third-order valence-corrected chi connectivity index (χ3v) is 5.52. The Hall–Kier alpha value is -2.93. The number of carbonyl (C=O) groups is 2. The number of rotatable bonds is 5. The summed E-state index contributed by atoms with van der Waals surface area (Å²) < 4.78 is 12.9. The van der Waals surface area contributed by atoms with Crippen molar-refractivity contribution in [3.63, 3.8) is 0 Å². The number of aromatic nitrogens is 1. The van der Waals surface area contributed by atoms with Crippen molar-refractivity contribution in [1.82, 2.24) is 4.57 Å². The van der Waals surface area contributed by atoms with Gasteiger partial charge < -0.3 is 14.0 Å². The van der Waals surface area contributed by atoms with Crippen molar-refractivity contribution in [1.29, 1.82) is 0 Å². The minimum atomic E-state index is -0.572. The smallest absolute Gasteiger partial charge is 0.328 e. The molecule has 28 heavy (non-hydrogen) atoms. The van der Waals surface area contributed by atoms with E-state index in [0.717, 1.165) is 15.8 Å². The van der Waals surface area contributed by atoms with Gasteiger partial charge in [-0.3, -0.25) is 4.79 Å². The molecule has 1 unspecified atom stereocenters. The number of nitrogens with zero attached hydrogens (tertiary/aromatic N) is 2. The molecule has 0 spiro atoms. The number of methoxy groups -OCH3 is 2. The van der Waals surface area contributed by atoms with Gasteiger partial charge in [0.2, 0.25) is 0 Å². The van der Waals surface area contributed by atoms with Gasteiger partial charge >= 0.3 is 5.97 Å². The SMILES string of the molecule is CCC(C(=O)OC)n1c(=NC(=O)c2ccc(C)cc2)sc2cc(OC)ccc21. The number of benzene rings is 2. The second kappa shape index (κ2) is 8.39. The highest BCUT2D eigenvalue weighted by atomic mass is 32.1. The summed E-state index contributed by atoms with van der Waals surface area (Å²) in [5.74, 6) is -0.0299. The van der Waals surface area contributed by atoms with Crippen molar-refractivity contribution in [2.24, 2.45) is 4.99 Å². The molecule has 0 saturated heterocycles. The van der Waals surface area contributed by atoms with Crippen LogP contribution in [0, 0.1) is 6.92 Å². The van der Waals surface area contributed by atoms with E-state index in [0.29, 0.717) is 22.5 Å². The quantitative estimate of drug-likeness (QED) is 0.612. The first kappa shape index (κ1) is 19.8. The molecule has 1 atom stereocenters. The van der Waals surface area contributed by atoms with E-state index >= 15 is 0 Å². The van der Waals surface area contributed by atoms with Gasteiger partial charge in [-0.15, -0.1) is 0 Å². The van der Waals surface area contributed by atoms with E-state index in [2.05, 4.69) is 4.99 Å². The van der Waals surface area contributed by atoms with Gasteiger partial charge in [0.05, 0.1) is 24.4 Å². The van der Waals surface area contributed by atoms with Gasteiger partial charge in [0.25, 0.3) is 5.91 Å². The van der Waals surface area contributed by atoms with E-state index < -0.39 is 6.04 Å². The minimum Gasteiger partial charge on any atom is -0.497 e. The molecule has 1 amide bonds. The zero-order valence-corrected chi connectivity index (χ0v) is 17.1. The van der Waals surface area contributed by atoms with E-state index in [1.54, 1.807) is 23.8 Å². The van der Waals surface area contributed by atoms with Crippen LogP contribution in [0.15, 0.2) is 47.5 Å². The fraction of sp³-hybridized carbons (Fsp3) is 0.286. The lowest BCUT2D eigenvalue weighted by molar-refractivity contribution is -0.144. The zero-order valence-electron chi connectivity index (χ0n) is 16.3. The standard InChI is InChI=1S/C21H22N2O4S/c1-5-16(20(25)27-4)23-17-11-10-15(26-3)12-18(17)28-21(23)22-19(24)14-8-6-13(2)7-9-14/h6-12,16H,5H2,1-4H3. The molecule has 0 aliphatic rings. The van der Waals surface area contributed by atoms with Crippen LogP contribution in [0.3, 0.4) is 0 Å². The van der Waals surface area contributed by atoms with Gasteiger partial charge in [-0.2, -0.15) is 4.99 Å². The minimum absolute atomic E-state index is 0.355. The first-order chi connectivity index (χ1) is 13.5. The third kappa shape index (κ3) is 3.84. The number of fused-ring (bicyclic) bond motifs is 1. The fourth-order valence-electron chi connectivity index (χ4n) is 2.97. The molecule has 0 aliphatic carbocycles. The lowest BCUT2D eigenvalue weighted by Crippen LogP contribution is -2.28. The molecule has 0 fully saturated rings. The molecule has 0 radical (unpaired) electrons. The van der Waals surface area contributed by atoms with Gasteiger partial charge in [0.15, 0.2) is 4.80 Å². The summed E-state index contributed by atoms with van der Waals surface area (Å²) in [5, 5.41) is 0. The number of hydrogen-bond donors (Lipinski definition) is 0. The lowest BCUT2D eigenvalue weighted by atomic mass is 10.1. The predicted octanol–water partition coefficient (Wildman–Crippen LogP) is 3.89. The summed E-state index contributed by atoms with van der Waals surface area (Å²) in [7, 11) is 2.95. The van der Waals surface area contributed by atoms with Crippen LogP contribution in [0.2, 0.25) is 0 Å². The number of carbonyl (C=O) groups excluding carboxylic acids is 2. The topological polar surface area (TPSA) is 69.9 Å². The Balaban J connectivity index is 2.21. The van der Waals surface area contributed by atoms with Crippen LogP contribution in [0.5, 0.6) is 5.75 Å². The van der Waals surface area contributed by atoms with Crippen molar-refractivity contribution in [2.45, 2.75) is 26.3 Å². The molecule has 0 bridgehead atoms. The Labute approximate surface area is 167 Å². The molecule has 0 aliphatic heterocycles. The Morgan fingerprint density at radius 1 is 1.14 bits per heavy atom. The Kier molecular flexibility index (Phi) is 5.94. The second-order valence-corrected chi connectivity index (χ2v) is 7.33. The molecular formula is C21H22N2O4S. The Bertz CT molecular complexity index is 1080. The maximum atomic E-state index is 12.7. The molecule has 1 aromatic heterocycles. The normalized spacial score (nSPS) is 12.8. The largest absolute Gasteiger partial charge is 0.497 e. The van der Waals surface area contributed by atoms with Gasteiger partial charge in [0, 0.05) is 5.56 Å². The molecule has 0 N–H and O–H groups in total. The van der Waals surface area contributed by atoms with E-state index in [4.69, 9.17) is 9.47 Å². The van der Waals surface area contributed by atoms with Gasteiger partial charge in [-0.05, 0) is 43.7 Å². The van der Waals surface area contributed by atoms with E-state index in [1.807, 2.05) is 44.2 Å². The monoisotopic (exact) mass is 398 g/mol. The summed E-state index contributed by atoms with van der Waals surface area (Å²) in [5.41, 5.74) is 2.37. The first-order valence-electron chi connectivity index (χ1n) is 8.91. The number of aryl methyl sites for hydroxylation is 1. The summed E-state index contributed by atoms with van der Waals surface area (Å²) in [6.07, 6.45) is 0.510. The van der Waals surface area contributed by atoms with Crippen molar-refractivity contribution in [2.75, 3.05) is 14.2 Å². The Morgan fingerprint density at radius 3 is 2.46 bits per heavy atom. The van der Waals surface area contributed by atoms with Crippen LogP contribution in [0.25, 0.3) is 10.2 Å². The highest BCUT2D eigenvalue weighted by Gasteiger charge is 2.23. The maximum absolute atomic E-state index is 12.7. The van der Waals surface area contributed by atoms with Gasteiger partial charge in [-0.1, -0.05) is 36.0 Å². The molecule has 6 nitrogen and oxygen atoms in total. The van der Waals surface area contributed by atoms with Gasteiger partial charge in [0.1, 0.15) is 11.8 Å².